The van der Waals surface area contributed by atoms with E-state index >= 15 is 0 Å². The smallest absolute Gasteiger partial charge is 0.141 e. The van der Waals surface area contributed by atoms with Crippen LogP contribution in [0, 0.1) is 11.6 Å². The van der Waals surface area contributed by atoms with Gasteiger partial charge in [0.25, 0.3) is 0 Å². The Morgan fingerprint density at radius 1 is 0.700 bits per heavy atom. The van der Waals surface area contributed by atoms with Crippen LogP contribution in [0.25, 0.3) is 0 Å². The average Bonchev–Trinajstić information content (AvgIpc) is 3.02. The minimum absolute atomic E-state index is 0.179. The number of likely N-dealkylation sites (N-methyl/N-ethyl adjacent to an activating group) is 2. The molecule has 4 atom stereocenters. The fourth-order valence-electron chi connectivity index (χ4n) is 5.71. The Labute approximate surface area is 176 Å². The third-order valence-electron chi connectivity index (χ3n) is 7.20. The molecule has 1 aromatic heterocycles. The Bertz CT molecular complexity index is 984. The van der Waals surface area contributed by atoms with Crippen molar-refractivity contribution in [2.45, 2.75) is 24.9 Å². The van der Waals surface area contributed by atoms with Gasteiger partial charge in [-0.15, -0.1) is 0 Å². The molecule has 2 aliphatic heterocycles. The standard InChI is InChI=1S/C25H27F2N3/c1-28-14-12-20-22(24(28)16-4-8-18(26)9-5-16)23-21(30(20)3)13-15-29(2)25(23)17-6-10-19(27)11-7-17/h4-11,24-25H,12-15H2,1-3H3/p+2. The molecule has 0 aliphatic carbocycles. The Hall–Kier alpha value is -2.50. The van der Waals surface area contributed by atoms with Crippen LogP contribution in [0.5, 0.6) is 0 Å². The maximum Gasteiger partial charge on any atom is 0.141 e. The van der Waals surface area contributed by atoms with E-state index in [0.29, 0.717) is 0 Å². The van der Waals surface area contributed by atoms with Crippen LogP contribution in [-0.2, 0) is 19.9 Å². The van der Waals surface area contributed by atoms with Crippen molar-refractivity contribution in [3.05, 3.63) is 93.8 Å². The molecule has 0 saturated carbocycles. The summed E-state index contributed by atoms with van der Waals surface area (Å²) in [5.41, 5.74) is 7.92. The Morgan fingerprint density at radius 2 is 1.07 bits per heavy atom. The molecule has 156 valence electrons. The average molecular weight is 410 g/mol. The molecular weight excluding hydrogens is 380 g/mol. The SMILES string of the molecule is Cn1c2c(c3c1CC[NH+](C)C3c1ccc(F)cc1)C(c1ccc(F)cc1)[NH+](C)CC2. The van der Waals surface area contributed by atoms with E-state index in [1.165, 1.54) is 32.3 Å². The predicted molar refractivity (Wildman–Crippen MR) is 113 cm³/mol. The number of hydrogen-bond donors (Lipinski definition) is 2. The van der Waals surface area contributed by atoms with Crippen molar-refractivity contribution in [3.63, 3.8) is 0 Å². The van der Waals surface area contributed by atoms with E-state index in [0.717, 1.165) is 37.1 Å². The molecule has 3 heterocycles. The number of fused-ring (bicyclic) bond motifs is 3. The number of rotatable bonds is 2. The van der Waals surface area contributed by atoms with Gasteiger partial charge in [-0.3, -0.25) is 0 Å². The maximum absolute atomic E-state index is 13.6. The summed E-state index contributed by atoms with van der Waals surface area (Å²) in [5, 5.41) is 0. The van der Waals surface area contributed by atoms with Gasteiger partial charge < -0.3 is 14.4 Å². The molecule has 5 rings (SSSR count). The first-order chi connectivity index (χ1) is 14.5. The van der Waals surface area contributed by atoms with Crippen molar-refractivity contribution in [2.24, 2.45) is 7.05 Å². The van der Waals surface area contributed by atoms with Crippen LogP contribution in [0.15, 0.2) is 48.5 Å². The second-order valence-corrected chi connectivity index (χ2v) is 8.94. The van der Waals surface area contributed by atoms with E-state index in [1.54, 1.807) is 24.3 Å². The number of benzene rings is 2. The third-order valence-corrected chi connectivity index (χ3v) is 7.20. The van der Waals surface area contributed by atoms with Gasteiger partial charge >= 0.3 is 0 Å². The van der Waals surface area contributed by atoms with Crippen molar-refractivity contribution in [3.8, 4) is 0 Å². The van der Waals surface area contributed by atoms with Crippen molar-refractivity contribution >= 4 is 0 Å². The summed E-state index contributed by atoms with van der Waals surface area (Å²) in [4.78, 5) is 2.87. The Morgan fingerprint density at radius 3 is 1.43 bits per heavy atom. The summed E-state index contributed by atoms with van der Waals surface area (Å²) in [7, 11) is 6.67. The molecule has 5 heteroatoms. The predicted octanol–water partition coefficient (Wildman–Crippen LogP) is 1.62. The van der Waals surface area contributed by atoms with Gasteiger partial charge in [-0.1, -0.05) is 0 Å². The third kappa shape index (κ3) is 2.99. The van der Waals surface area contributed by atoms with E-state index in [2.05, 4.69) is 25.7 Å². The van der Waals surface area contributed by atoms with Crippen LogP contribution >= 0.6 is 0 Å². The molecular formula is C25H29F2N3+2. The number of nitrogens with one attached hydrogen (secondary N) is 2. The van der Waals surface area contributed by atoms with Gasteiger partial charge in [-0.25, -0.2) is 8.78 Å². The molecule has 3 nitrogen and oxygen atoms in total. The lowest BCUT2D eigenvalue weighted by atomic mass is 9.83. The van der Waals surface area contributed by atoms with Crippen LogP contribution in [-0.4, -0.2) is 31.8 Å². The minimum Gasteiger partial charge on any atom is -0.350 e. The van der Waals surface area contributed by atoms with E-state index in [4.69, 9.17) is 0 Å². The fourth-order valence-corrected chi connectivity index (χ4v) is 5.71. The molecule has 2 aliphatic rings. The molecule has 0 saturated heterocycles. The Balaban J connectivity index is 1.73. The highest BCUT2D eigenvalue weighted by atomic mass is 19.1. The summed E-state index contributed by atoms with van der Waals surface area (Å²) in [6, 6.07) is 14.4. The number of quaternary nitrogens is 2. The lowest BCUT2D eigenvalue weighted by molar-refractivity contribution is -0.912. The zero-order chi connectivity index (χ0) is 21.0. The van der Waals surface area contributed by atoms with Crippen molar-refractivity contribution in [1.82, 2.24) is 4.57 Å². The van der Waals surface area contributed by atoms with E-state index < -0.39 is 0 Å². The molecule has 0 bridgehead atoms. The van der Waals surface area contributed by atoms with E-state index in [9.17, 15) is 8.78 Å². The first-order valence-electron chi connectivity index (χ1n) is 10.8. The van der Waals surface area contributed by atoms with Gasteiger partial charge in [0, 0.05) is 53.5 Å². The molecule has 0 radical (unpaired) electrons. The molecule has 4 unspecified atom stereocenters. The van der Waals surface area contributed by atoms with Crippen LogP contribution in [0.2, 0.25) is 0 Å². The van der Waals surface area contributed by atoms with Gasteiger partial charge in [-0.2, -0.15) is 0 Å². The number of hydrogen-bond acceptors (Lipinski definition) is 0. The molecule has 0 amide bonds. The minimum atomic E-state index is -0.198. The largest absolute Gasteiger partial charge is 0.350 e. The molecule has 0 spiro atoms. The fraction of sp³-hybridized carbons (Fsp3) is 0.360. The van der Waals surface area contributed by atoms with E-state index in [1.807, 2.05) is 24.3 Å². The highest BCUT2D eigenvalue weighted by molar-refractivity contribution is 5.49. The monoisotopic (exact) mass is 409 g/mol. The highest BCUT2D eigenvalue weighted by Crippen LogP contribution is 2.39. The summed E-state index contributed by atoms with van der Waals surface area (Å²) in [6.45, 7) is 2.10. The van der Waals surface area contributed by atoms with Gasteiger partial charge in [-0.05, 0) is 48.5 Å². The van der Waals surface area contributed by atoms with Gasteiger partial charge in [0.2, 0.25) is 0 Å². The van der Waals surface area contributed by atoms with Crippen LogP contribution < -0.4 is 9.80 Å². The number of aromatic nitrogens is 1. The topological polar surface area (TPSA) is 13.8 Å². The number of nitrogens with zero attached hydrogens (tertiary/aromatic N) is 1. The summed E-state index contributed by atoms with van der Waals surface area (Å²) >= 11 is 0. The zero-order valence-electron chi connectivity index (χ0n) is 17.8. The number of halogens is 2. The quantitative estimate of drug-likeness (QED) is 0.639. The van der Waals surface area contributed by atoms with Gasteiger partial charge in [0.05, 0.1) is 27.2 Å². The lowest BCUT2D eigenvalue weighted by Gasteiger charge is -2.35. The second-order valence-electron chi connectivity index (χ2n) is 8.94. The Kier molecular flexibility index (Phi) is 4.75. The molecule has 2 N–H and O–H groups in total. The molecule has 0 fully saturated rings. The van der Waals surface area contributed by atoms with Crippen LogP contribution in [0.4, 0.5) is 8.78 Å². The first kappa shape index (κ1) is 19.5. The summed E-state index contributed by atoms with van der Waals surface area (Å²) in [6.07, 6.45) is 2.08. The van der Waals surface area contributed by atoms with Crippen LogP contribution in [0.3, 0.4) is 0 Å². The molecule has 2 aromatic carbocycles. The van der Waals surface area contributed by atoms with Crippen LogP contribution in [0.1, 0.15) is 45.7 Å². The maximum atomic E-state index is 13.6. The van der Waals surface area contributed by atoms with Crippen molar-refractivity contribution in [2.75, 3.05) is 27.2 Å². The van der Waals surface area contributed by atoms with Gasteiger partial charge in [0.15, 0.2) is 0 Å². The highest BCUT2D eigenvalue weighted by Gasteiger charge is 2.43. The van der Waals surface area contributed by atoms with Gasteiger partial charge in [0.1, 0.15) is 23.7 Å². The zero-order valence-corrected chi connectivity index (χ0v) is 17.8. The second kappa shape index (κ2) is 7.33. The first-order valence-corrected chi connectivity index (χ1v) is 10.8. The lowest BCUT2D eigenvalue weighted by Crippen LogP contribution is -3.11. The van der Waals surface area contributed by atoms with E-state index in [-0.39, 0.29) is 23.7 Å². The van der Waals surface area contributed by atoms with Crippen molar-refractivity contribution in [1.29, 1.82) is 0 Å². The summed E-state index contributed by atoms with van der Waals surface area (Å²) < 4.78 is 29.7. The summed E-state index contributed by atoms with van der Waals surface area (Å²) in [5.74, 6) is -0.396. The van der Waals surface area contributed by atoms with Crippen molar-refractivity contribution < 1.29 is 18.6 Å². The normalized spacial score (nSPS) is 25.6. The molecule has 3 aromatic rings. The molecule has 30 heavy (non-hydrogen) atoms.